The van der Waals surface area contributed by atoms with Crippen LogP contribution < -0.4 is 5.32 Å². The van der Waals surface area contributed by atoms with E-state index in [4.69, 9.17) is 4.74 Å². The minimum atomic E-state index is -0.596. The summed E-state index contributed by atoms with van der Waals surface area (Å²) in [5.74, 6) is -1.23. The molecule has 4 amide bonds. The maximum absolute atomic E-state index is 13.1. The fourth-order valence-corrected chi connectivity index (χ4v) is 4.14. The number of amides is 4. The van der Waals surface area contributed by atoms with E-state index >= 15 is 0 Å². The van der Waals surface area contributed by atoms with Crippen LogP contribution in [0.5, 0.6) is 0 Å². The summed E-state index contributed by atoms with van der Waals surface area (Å²) in [6, 6.07) is 7.13. The number of para-hydroxylation sites is 1. The smallest absolute Gasteiger partial charge is 0.327 e. The van der Waals surface area contributed by atoms with Crippen LogP contribution in [-0.4, -0.2) is 79.3 Å². The van der Waals surface area contributed by atoms with Gasteiger partial charge in [-0.3, -0.25) is 14.5 Å². The number of nitrogens with zero attached hydrogens (tertiary/aromatic N) is 3. The van der Waals surface area contributed by atoms with Gasteiger partial charge in [0.1, 0.15) is 11.9 Å². The van der Waals surface area contributed by atoms with Crippen molar-refractivity contribution in [1.82, 2.24) is 14.7 Å². The van der Waals surface area contributed by atoms with Gasteiger partial charge < -0.3 is 19.9 Å². The molecule has 1 aromatic rings. The van der Waals surface area contributed by atoms with E-state index in [0.717, 1.165) is 9.80 Å². The van der Waals surface area contributed by atoms with Gasteiger partial charge in [0, 0.05) is 32.6 Å². The minimum Gasteiger partial charge on any atom is -0.383 e. The molecule has 0 radical (unpaired) electrons. The summed E-state index contributed by atoms with van der Waals surface area (Å²) in [4.78, 5) is 43.4. The molecule has 2 atom stereocenters. The Hall–Kier alpha value is -2.52. The standard InChI is InChI=1S/C19H24N4O4S/c1-21-17-12(18(25)22(2)19(21)26)11-14(23(17)9-10-27-3)16(24)20-13-7-5-6-8-15(13)28-4/h5-8,11-12,17H,9-10H2,1-4H3,(H,20,24). The van der Waals surface area contributed by atoms with E-state index in [0.29, 0.717) is 24.5 Å². The van der Waals surface area contributed by atoms with E-state index in [2.05, 4.69) is 5.32 Å². The third kappa shape index (κ3) is 3.47. The van der Waals surface area contributed by atoms with Gasteiger partial charge in [-0.1, -0.05) is 12.1 Å². The molecule has 3 rings (SSSR count). The summed E-state index contributed by atoms with van der Waals surface area (Å²) >= 11 is 1.53. The van der Waals surface area contributed by atoms with Crippen molar-refractivity contribution < 1.29 is 19.1 Å². The number of hydrogen-bond donors (Lipinski definition) is 1. The second-order valence-corrected chi connectivity index (χ2v) is 7.47. The molecule has 1 saturated heterocycles. The first kappa shape index (κ1) is 20.2. The Balaban J connectivity index is 1.92. The van der Waals surface area contributed by atoms with Crippen molar-refractivity contribution in [2.45, 2.75) is 11.1 Å². The van der Waals surface area contributed by atoms with E-state index in [1.807, 2.05) is 30.5 Å². The average Bonchev–Trinajstić information content (AvgIpc) is 3.09. The molecule has 1 N–H and O–H groups in total. The number of rotatable bonds is 6. The van der Waals surface area contributed by atoms with Gasteiger partial charge >= 0.3 is 6.03 Å². The molecule has 2 heterocycles. The second kappa shape index (κ2) is 8.24. The highest BCUT2D eigenvalue weighted by molar-refractivity contribution is 7.98. The van der Waals surface area contributed by atoms with Gasteiger partial charge in [-0.2, -0.15) is 0 Å². The van der Waals surface area contributed by atoms with Crippen molar-refractivity contribution in [3.05, 3.63) is 36.0 Å². The van der Waals surface area contributed by atoms with E-state index in [9.17, 15) is 14.4 Å². The van der Waals surface area contributed by atoms with Crippen LogP contribution in [0.3, 0.4) is 0 Å². The zero-order valence-corrected chi connectivity index (χ0v) is 17.2. The SMILES string of the molecule is COCCN1C(C(=O)Nc2ccccc2SC)=CC2C(=O)N(C)C(=O)N(C)C21. The molecule has 8 nitrogen and oxygen atoms in total. The zero-order valence-electron chi connectivity index (χ0n) is 16.3. The van der Waals surface area contributed by atoms with Crippen molar-refractivity contribution in [1.29, 1.82) is 0 Å². The number of methoxy groups -OCH3 is 1. The van der Waals surface area contributed by atoms with Crippen LogP contribution in [0.2, 0.25) is 0 Å². The van der Waals surface area contributed by atoms with E-state index in [1.165, 1.54) is 23.7 Å². The molecular weight excluding hydrogens is 380 g/mol. The predicted molar refractivity (Wildman–Crippen MR) is 107 cm³/mol. The van der Waals surface area contributed by atoms with Crippen molar-refractivity contribution in [3.63, 3.8) is 0 Å². The first-order chi connectivity index (χ1) is 13.4. The van der Waals surface area contributed by atoms with Crippen LogP contribution in [0, 0.1) is 5.92 Å². The lowest BCUT2D eigenvalue weighted by Crippen LogP contribution is -2.62. The Morgan fingerprint density at radius 3 is 2.64 bits per heavy atom. The summed E-state index contributed by atoms with van der Waals surface area (Å²) in [6.07, 6.45) is 3.05. The number of carbonyl (C=O) groups excluding carboxylic acids is 3. The topological polar surface area (TPSA) is 82.2 Å². The normalized spacial score (nSPS) is 21.7. The molecule has 0 aliphatic carbocycles. The van der Waals surface area contributed by atoms with Gasteiger partial charge in [-0.15, -0.1) is 11.8 Å². The predicted octanol–water partition coefficient (Wildman–Crippen LogP) is 1.66. The lowest BCUT2D eigenvalue weighted by molar-refractivity contribution is -0.137. The highest BCUT2D eigenvalue weighted by atomic mass is 32.2. The van der Waals surface area contributed by atoms with Crippen LogP contribution >= 0.6 is 11.8 Å². The molecule has 0 aromatic heterocycles. The molecule has 0 bridgehead atoms. The number of carbonyl (C=O) groups is 3. The average molecular weight is 404 g/mol. The summed E-state index contributed by atoms with van der Waals surface area (Å²) < 4.78 is 5.17. The molecule has 2 aliphatic heterocycles. The van der Waals surface area contributed by atoms with Gasteiger partial charge in [0.25, 0.3) is 5.91 Å². The number of thioether (sulfide) groups is 1. The third-order valence-electron chi connectivity index (χ3n) is 5.01. The summed E-state index contributed by atoms with van der Waals surface area (Å²) in [5, 5.41) is 2.93. The van der Waals surface area contributed by atoms with Crippen LogP contribution in [0.15, 0.2) is 40.9 Å². The van der Waals surface area contributed by atoms with E-state index in [-0.39, 0.29) is 11.8 Å². The second-order valence-electron chi connectivity index (χ2n) is 6.62. The third-order valence-corrected chi connectivity index (χ3v) is 5.81. The van der Waals surface area contributed by atoms with Crippen molar-refractivity contribution in [2.75, 3.05) is 45.9 Å². The molecule has 0 saturated carbocycles. The number of benzene rings is 1. The first-order valence-electron chi connectivity index (χ1n) is 8.86. The quantitative estimate of drug-likeness (QED) is 0.726. The minimum absolute atomic E-state index is 0.316. The number of imide groups is 1. The molecule has 2 unspecified atom stereocenters. The van der Waals surface area contributed by atoms with E-state index in [1.54, 1.807) is 25.1 Å². The molecule has 9 heteroatoms. The van der Waals surface area contributed by atoms with Gasteiger partial charge in [-0.25, -0.2) is 4.79 Å². The molecule has 2 aliphatic rings. The van der Waals surface area contributed by atoms with Crippen LogP contribution in [0.25, 0.3) is 0 Å². The molecule has 28 heavy (non-hydrogen) atoms. The first-order valence-corrected chi connectivity index (χ1v) is 10.1. The monoisotopic (exact) mass is 404 g/mol. The molecule has 0 spiro atoms. The van der Waals surface area contributed by atoms with E-state index < -0.39 is 18.1 Å². The van der Waals surface area contributed by atoms with Gasteiger partial charge in [-0.05, 0) is 24.5 Å². The molecular formula is C19H24N4O4S. The molecule has 150 valence electrons. The van der Waals surface area contributed by atoms with Crippen molar-refractivity contribution >= 4 is 35.3 Å². The van der Waals surface area contributed by atoms with Crippen LogP contribution in [-0.2, 0) is 14.3 Å². The molecule has 1 fully saturated rings. The number of anilines is 1. The van der Waals surface area contributed by atoms with Gasteiger partial charge in [0.2, 0.25) is 5.91 Å². The fourth-order valence-electron chi connectivity index (χ4n) is 3.59. The highest BCUT2D eigenvalue weighted by Gasteiger charge is 2.50. The number of fused-ring (bicyclic) bond motifs is 1. The van der Waals surface area contributed by atoms with Crippen molar-refractivity contribution in [3.8, 4) is 0 Å². The largest absolute Gasteiger partial charge is 0.383 e. The Bertz CT molecular complexity index is 828. The van der Waals surface area contributed by atoms with Crippen LogP contribution in [0.1, 0.15) is 0 Å². The lowest BCUT2D eigenvalue weighted by Gasteiger charge is -2.43. The maximum atomic E-state index is 13.1. The number of hydrogen-bond acceptors (Lipinski definition) is 6. The maximum Gasteiger partial charge on any atom is 0.327 e. The summed E-state index contributed by atoms with van der Waals surface area (Å²) in [6.45, 7) is 0.747. The summed E-state index contributed by atoms with van der Waals surface area (Å²) in [5.41, 5.74) is 1.07. The lowest BCUT2D eigenvalue weighted by atomic mass is 10.0. The zero-order chi connectivity index (χ0) is 20.4. The molecule has 1 aromatic carbocycles. The number of ether oxygens (including phenoxy) is 1. The Labute approximate surface area is 168 Å². The number of urea groups is 1. The van der Waals surface area contributed by atoms with Crippen molar-refractivity contribution in [2.24, 2.45) is 5.92 Å². The van der Waals surface area contributed by atoms with Gasteiger partial charge in [0.15, 0.2) is 0 Å². The Morgan fingerprint density at radius 2 is 1.96 bits per heavy atom. The summed E-state index contributed by atoms with van der Waals surface area (Å²) in [7, 11) is 4.67. The van der Waals surface area contributed by atoms with Gasteiger partial charge in [0.05, 0.1) is 18.2 Å². The number of nitrogens with one attached hydrogen (secondary N) is 1. The fraction of sp³-hybridized carbons (Fsp3) is 0.421. The Morgan fingerprint density at radius 1 is 1.25 bits per heavy atom. The highest BCUT2D eigenvalue weighted by Crippen LogP contribution is 2.35. The van der Waals surface area contributed by atoms with Crippen LogP contribution in [0.4, 0.5) is 10.5 Å². The Kier molecular flexibility index (Phi) is 5.95.